The summed E-state index contributed by atoms with van der Waals surface area (Å²) >= 11 is 6.17. The highest BCUT2D eigenvalue weighted by Crippen LogP contribution is 2.28. The van der Waals surface area contributed by atoms with Gasteiger partial charge in [0.25, 0.3) is 5.56 Å². The summed E-state index contributed by atoms with van der Waals surface area (Å²) in [6.07, 6.45) is 1.49. The van der Waals surface area contributed by atoms with Crippen molar-refractivity contribution in [3.05, 3.63) is 68.1 Å². The molecule has 0 N–H and O–H groups in total. The molecular formula is C19H18ClFN6O2. The maximum Gasteiger partial charge on any atom is 0.332 e. The molecule has 0 radical (unpaired) electrons. The number of halogens is 2. The molecule has 1 aliphatic heterocycles. The molecule has 4 rings (SSSR count). The van der Waals surface area contributed by atoms with Crippen molar-refractivity contribution in [1.82, 2.24) is 18.7 Å². The monoisotopic (exact) mass is 416 g/mol. The number of fused-ring (bicyclic) bond motifs is 3. The van der Waals surface area contributed by atoms with E-state index in [4.69, 9.17) is 11.6 Å². The third-order valence-electron chi connectivity index (χ3n) is 4.80. The summed E-state index contributed by atoms with van der Waals surface area (Å²) in [6, 6.07) is 4.45. The number of benzene rings is 1. The summed E-state index contributed by atoms with van der Waals surface area (Å²) < 4.78 is 18.4. The van der Waals surface area contributed by atoms with Gasteiger partial charge in [-0.1, -0.05) is 23.7 Å². The summed E-state index contributed by atoms with van der Waals surface area (Å²) in [4.78, 5) is 30.0. The van der Waals surface area contributed by atoms with E-state index in [1.165, 1.54) is 27.8 Å². The van der Waals surface area contributed by atoms with Crippen LogP contribution in [0.5, 0.6) is 0 Å². The van der Waals surface area contributed by atoms with Gasteiger partial charge >= 0.3 is 5.69 Å². The average Bonchev–Trinajstić information content (AvgIpc) is 3.06. The summed E-state index contributed by atoms with van der Waals surface area (Å²) in [5, 5.41) is 6.23. The first kappa shape index (κ1) is 19.1. The van der Waals surface area contributed by atoms with Gasteiger partial charge in [0.15, 0.2) is 11.2 Å². The van der Waals surface area contributed by atoms with E-state index < -0.39 is 17.1 Å². The van der Waals surface area contributed by atoms with E-state index in [-0.39, 0.29) is 34.8 Å². The van der Waals surface area contributed by atoms with Crippen LogP contribution >= 0.6 is 11.6 Å². The second-order valence-corrected chi connectivity index (χ2v) is 7.22. The van der Waals surface area contributed by atoms with Gasteiger partial charge in [-0.25, -0.2) is 14.2 Å². The van der Waals surface area contributed by atoms with Gasteiger partial charge in [0.2, 0.25) is 5.95 Å². The van der Waals surface area contributed by atoms with Crippen LogP contribution in [0.1, 0.15) is 12.5 Å². The third-order valence-corrected chi connectivity index (χ3v) is 5.16. The molecule has 0 unspecified atom stereocenters. The zero-order chi connectivity index (χ0) is 20.9. The van der Waals surface area contributed by atoms with Crippen molar-refractivity contribution < 1.29 is 4.39 Å². The minimum absolute atomic E-state index is 0.0287. The molecular weight excluding hydrogens is 399 g/mol. The van der Waals surface area contributed by atoms with Gasteiger partial charge < -0.3 is 0 Å². The highest BCUT2D eigenvalue weighted by atomic mass is 35.5. The van der Waals surface area contributed by atoms with E-state index in [9.17, 15) is 14.0 Å². The van der Waals surface area contributed by atoms with Crippen LogP contribution in [0, 0.1) is 5.82 Å². The molecule has 0 bridgehead atoms. The number of hydrazone groups is 1. The quantitative estimate of drug-likeness (QED) is 0.611. The van der Waals surface area contributed by atoms with E-state index in [2.05, 4.69) is 16.7 Å². The summed E-state index contributed by atoms with van der Waals surface area (Å²) in [6.45, 7) is 5.85. The Balaban J connectivity index is 1.94. The Morgan fingerprint density at radius 2 is 2.10 bits per heavy atom. The zero-order valence-electron chi connectivity index (χ0n) is 15.9. The number of rotatable bonds is 4. The van der Waals surface area contributed by atoms with Crippen LogP contribution in [0.3, 0.4) is 0 Å². The van der Waals surface area contributed by atoms with Gasteiger partial charge in [-0.2, -0.15) is 10.1 Å². The number of allylic oxidation sites excluding steroid dienone is 1. The molecule has 0 amide bonds. The molecule has 0 spiro atoms. The second-order valence-electron chi connectivity index (χ2n) is 6.81. The van der Waals surface area contributed by atoms with E-state index in [0.717, 1.165) is 4.57 Å². The van der Waals surface area contributed by atoms with Gasteiger partial charge in [0.1, 0.15) is 5.82 Å². The number of hydrogen-bond acceptors (Lipinski definition) is 5. The largest absolute Gasteiger partial charge is 0.332 e. The van der Waals surface area contributed by atoms with E-state index in [1.54, 1.807) is 24.6 Å². The van der Waals surface area contributed by atoms with Gasteiger partial charge in [-0.15, -0.1) is 6.58 Å². The molecule has 2 aromatic heterocycles. The Morgan fingerprint density at radius 3 is 2.79 bits per heavy atom. The first-order valence-corrected chi connectivity index (χ1v) is 9.26. The van der Waals surface area contributed by atoms with Gasteiger partial charge in [-0.05, 0) is 19.1 Å². The number of hydrogen-bond donors (Lipinski definition) is 0. The van der Waals surface area contributed by atoms with Crippen molar-refractivity contribution in [2.24, 2.45) is 12.1 Å². The van der Waals surface area contributed by atoms with Crippen molar-refractivity contribution >= 4 is 34.4 Å². The molecule has 29 heavy (non-hydrogen) atoms. The molecule has 0 atom stereocenters. The van der Waals surface area contributed by atoms with Crippen molar-refractivity contribution in [3.8, 4) is 0 Å². The van der Waals surface area contributed by atoms with Crippen molar-refractivity contribution in [2.75, 3.05) is 5.01 Å². The fourth-order valence-corrected chi connectivity index (χ4v) is 3.67. The lowest BCUT2D eigenvalue weighted by atomic mass is 10.2. The van der Waals surface area contributed by atoms with E-state index >= 15 is 0 Å². The van der Waals surface area contributed by atoms with Crippen LogP contribution < -0.4 is 16.3 Å². The summed E-state index contributed by atoms with van der Waals surface area (Å²) in [7, 11) is 1.55. The van der Waals surface area contributed by atoms with E-state index in [1.807, 2.05) is 0 Å². The first-order valence-electron chi connectivity index (χ1n) is 8.89. The Labute approximate surface area is 169 Å². The molecule has 10 heteroatoms. The Kier molecular flexibility index (Phi) is 4.62. The fraction of sp³-hybridized carbons (Fsp3) is 0.263. The molecule has 1 aromatic carbocycles. The summed E-state index contributed by atoms with van der Waals surface area (Å²) in [5.41, 5.74) is 0.546. The Morgan fingerprint density at radius 1 is 1.34 bits per heavy atom. The molecule has 0 fully saturated rings. The maximum absolute atomic E-state index is 14.3. The number of nitrogens with zero attached hydrogens (tertiary/aromatic N) is 6. The highest BCUT2D eigenvalue weighted by Gasteiger charge is 2.27. The number of aromatic nitrogens is 4. The van der Waals surface area contributed by atoms with Crippen molar-refractivity contribution in [3.63, 3.8) is 0 Å². The van der Waals surface area contributed by atoms with Crippen LogP contribution in [0.15, 0.2) is 45.5 Å². The number of imidazole rings is 1. The molecule has 0 saturated carbocycles. The molecule has 150 valence electrons. The number of anilines is 1. The zero-order valence-corrected chi connectivity index (χ0v) is 16.6. The minimum atomic E-state index is -0.487. The van der Waals surface area contributed by atoms with Gasteiger partial charge in [-0.3, -0.25) is 18.5 Å². The lowest BCUT2D eigenvalue weighted by Crippen LogP contribution is -2.39. The van der Waals surface area contributed by atoms with Crippen molar-refractivity contribution in [2.45, 2.75) is 26.6 Å². The maximum atomic E-state index is 14.3. The highest BCUT2D eigenvalue weighted by molar-refractivity contribution is 6.31. The molecule has 0 aliphatic carbocycles. The summed E-state index contributed by atoms with van der Waals surface area (Å²) in [5.74, 6) is -0.118. The molecule has 1 aliphatic rings. The standard InChI is InChI=1S/C19H18ClFN6O2/c1-4-8-25-17(28)15-16(24(3)19(25)29)22-18-26(15)9-11(2)23-27(18)10-12-13(20)6-5-7-14(12)21/h4-7H,1,8-10H2,2-3H3. The third kappa shape index (κ3) is 2.98. The molecule has 0 saturated heterocycles. The predicted molar refractivity (Wildman–Crippen MR) is 110 cm³/mol. The molecule has 3 aromatic rings. The lowest BCUT2D eigenvalue weighted by molar-refractivity contribution is 0.600. The smallest absolute Gasteiger partial charge is 0.297 e. The van der Waals surface area contributed by atoms with Crippen LogP contribution in [-0.4, -0.2) is 24.4 Å². The van der Waals surface area contributed by atoms with Crippen LogP contribution in [0.4, 0.5) is 10.3 Å². The Hall–Kier alpha value is -3.20. The normalized spacial score (nSPS) is 13.5. The minimum Gasteiger partial charge on any atom is -0.297 e. The predicted octanol–water partition coefficient (Wildman–Crippen LogP) is 2.27. The molecule has 8 nitrogen and oxygen atoms in total. The fourth-order valence-electron chi connectivity index (χ4n) is 3.45. The lowest BCUT2D eigenvalue weighted by Gasteiger charge is -2.25. The topological polar surface area (TPSA) is 77.4 Å². The molecule has 3 heterocycles. The SMILES string of the molecule is C=CCn1c(=O)c2c(nc3n2CC(C)=NN3Cc2c(F)cccc2Cl)n(C)c1=O. The Bertz CT molecular complexity index is 1280. The number of aryl methyl sites for hydroxylation is 1. The van der Waals surface area contributed by atoms with E-state index in [0.29, 0.717) is 18.2 Å². The van der Waals surface area contributed by atoms with Gasteiger partial charge in [0.05, 0.1) is 18.8 Å². The van der Waals surface area contributed by atoms with Crippen LogP contribution in [-0.2, 0) is 26.7 Å². The first-order chi connectivity index (χ1) is 13.8. The second kappa shape index (κ2) is 7.00. The average molecular weight is 417 g/mol. The van der Waals surface area contributed by atoms with Gasteiger partial charge in [0, 0.05) is 24.2 Å². The van der Waals surface area contributed by atoms with Crippen LogP contribution in [0.25, 0.3) is 11.2 Å². The van der Waals surface area contributed by atoms with Crippen molar-refractivity contribution in [1.29, 1.82) is 0 Å². The van der Waals surface area contributed by atoms with Crippen LogP contribution in [0.2, 0.25) is 5.02 Å².